The lowest BCUT2D eigenvalue weighted by atomic mass is 9.98. The van der Waals surface area contributed by atoms with Crippen molar-refractivity contribution in [1.82, 2.24) is 0 Å². The monoisotopic (exact) mass is 154 g/mol. The van der Waals surface area contributed by atoms with Gasteiger partial charge in [-0.05, 0) is 31.8 Å². The quantitative estimate of drug-likeness (QED) is 0.602. The Kier molecular flexibility index (Phi) is 3.86. The Morgan fingerprint density at radius 2 is 1.82 bits per heavy atom. The van der Waals surface area contributed by atoms with Gasteiger partial charge in [0, 0.05) is 11.4 Å². The lowest BCUT2D eigenvalue weighted by molar-refractivity contribution is 0.649. The van der Waals surface area contributed by atoms with Crippen LogP contribution in [-0.4, -0.2) is 5.71 Å². The molecule has 0 aliphatic carbocycles. The number of nitrogens with one attached hydrogen (secondary N) is 1. The summed E-state index contributed by atoms with van der Waals surface area (Å²) in [5.74, 6) is 0.573. The summed E-state index contributed by atoms with van der Waals surface area (Å²) in [6.07, 6.45) is 0.914. The lowest BCUT2D eigenvalue weighted by Crippen LogP contribution is -2.07. The van der Waals surface area contributed by atoms with E-state index in [4.69, 9.17) is 11.1 Å². The molecule has 2 nitrogen and oxygen atoms in total. The zero-order valence-corrected chi connectivity index (χ0v) is 7.86. The van der Waals surface area contributed by atoms with Gasteiger partial charge in [-0.2, -0.15) is 0 Å². The molecule has 0 saturated heterocycles. The molecule has 64 valence electrons. The molecule has 0 fully saturated rings. The molecule has 0 atom stereocenters. The maximum Gasteiger partial charge on any atom is 0.0332 e. The zero-order valence-electron chi connectivity index (χ0n) is 7.86. The van der Waals surface area contributed by atoms with Gasteiger partial charge in [-0.15, -0.1) is 0 Å². The molecule has 0 aromatic heterocycles. The number of hydrogen-bond acceptors (Lipinski definition) is 2. The molecule has 0 spiro atoms. The summed E-state index contributed by atoms with van der Waals surface area (Å²) >= 11 is 0. The van der Waals surface area contributed by atoms with Crippen molar-refractivity contribution in [3.8, 4) is 0 Å². The highest BCUT2D eigenvalue weighted by atomic mass is 14.6. The van der Waals surface area contributed by atoms with Gasteiger partial charge in [0.05, 0.1) is 0 Å². The summed E-state index contributed by atoms with van der Waals surface area (Å²) in [5.41, 5.74) is 8.00. The van der Waals surface area contributed by atoms with Gasteiger partial charge in [0.15, 0.2) is 0 Å². The first-order chi connectivity index (χ1) is 4.95. The first kappa shape index (κ1) is 10.2. The van der Waals surface area contributed by atoms with E-state index in [1.807, 2.05) is 6.92 Å². The Morgan fingerprint density at radius 1 is 1.36 bits per heavy atom. The molecule has 11 heavy (non-hydrogen) atoms. The molecule has 0 aliphatic rings. The molecule has 0 aliphatic heterocycles. The van der Waals surface area contributed by atoms with Crippen LogP contribution in [0.25, 0.3) is 0 Å². The first-order valence-electron chi connectivity index (χ1n) is 3.96. The third kappa shape index (κ3) is 3.81. The van der Waals surface area contributed by atoms with E-state index >= 15 is 0 Å². The van der Waals surface area contributed by atoms with Gasteiger partial charge in [-0.25, -0.2) is 0 Å². The molecular formula is C9H18N2. The highest BCUT2D eigenvalue weighted by Crippen LogP contribution is 2.13. The van der Waals surface area contributed by atoms with Crippen molar-refractivity contribution in [1.29, 1.82) is 5.41 Å². The molecule has 0 saturated carbocycles. The molecule has 3 N–H and O–H groups in total. The van der Waals surface area contributed by atoms with Crippen molar-refractivity contribution in [2.45, 2.75) is 34.1 Å². The lowest BCUT2D eigenvalue weighted by Gasteiger charge is -2.10. The average Bonchev–Trinajstić information content (AvgIpc) is 1.81. The Hall–Kier alpha value is -0.790. The van der Waals surface area contributed by atoms with Gasteiger partial charge in [-0.1, -0.05) is 13.8 Å². The molecule has 0 aromatic rings. The number of nitrogens with two attached hydrogens (primary N) is 1. The van der Waals surface area contributed by atoms with E-state index in [9.17, 15) is 0 Å². The number of hydrogen-bond donors (Lipinski definition) is 2. The number of allylic oxidation sites excluding steroid dienone is 2. The van der Waals surface area contributed by atoms with Crippen LogP contribution in [-0.2, 0) is 0 Å². The van der Waals surface area contributed by atoms with Gasteiger partial charge in [0.1, 0.15) is 0 Å². The maximum absolute atomic E-state index is 7.44. The van der Waals surface area contributed by atoms with Crippen LogP contribution in [0.3, 0.4) is 0 Å². The second-order valence-electron chi connectivity index (χ2n) is 3.38. The van der Waals surface area contributed by atoms with Gasteiger partial charge in [0.25, 0.3) is 0 Å². The predicted molar refractivity (Wildman–Crippen MR) is 49.7 cm³/mol. The van der Waals surface area contributed by atoms with Crippen LogP contribution in [0.2, 0.25) is 0 Å². The van der Waals surface area contributed by atoms with E-state index in [0.29, 0.717) is 11.6 Å². The summed E-state index contributed by atoms with van der Waals surface area (Å²) in [6, 6.07) is 0. The molecule has 0 rings (SSSR count). The van der Waals surface area contributed by atoms with Crippen molar-refractivity contribution in [3.63, 3.8) is 0 Å². The van der Waals surface area contributed by atoms with Gasteiger partial charge < -0.3 is 11.1 Å². The molecule has 0 aromatic carbocycles. The summed E-state index contributed by atoms with van der Waals surface area (Å²) in [7, 11) is 0. The smallest absolute Gasteiger partial charge is 0.0332 e. The van der Waals surface area contributed by atoms with Crippen molar-refractivity contribution < 1.29 is 0 Å². The van der Waals surface area contributed by atoms with Crippen LogP contribution in [0.5, 0.6) is 0 Å². The van der Waals surface area contributed by atoms with Crippen LogP contribution in [0.15, 0.2) is 11.3 Å². The molecule has 0 amide bonds. The van der Waals surface area contributed by atoms with E-state index < -0.39 is 0 Å². The molecular weight excluding hydrogens is 136 g/mol. The van der Waals surface area contributed by atoms with Crippen molar-refractivity contribution in [3.05, 3.63) is 11.3 Å². The van der Waals surface area contributed by atoms with Gasteiger partial charge in [0.2, 0.25) is 0 Å². The topological polar surface area (TPSA) is 49.9 Å². The van der Waals surface area contributed by atoms with Crippen LogP contribution < -0.4 is 5.73 Å². The van der Waals surface area contributed by atoms with Gasteiger partial charge in [-0.3, -0.25) is 0 Å². The second-order valence-corrected chi connectivity index (χ2v) is 3.38. The van der Waals surface area contributed by atoms with Crippen LogP contribution >= 0.6 is 0 Å². The first-order valence-corrected chi connectivity index (χ1v) is 3.96. The van der Waals surface area contributed by atoms with E-state index in [1.54, 1.807) is 6.92 Å². The molecule has 0 unspecified atom stereocenters. The minimum Gasteiger partial charge on any atom is -0.402 e. The van der Waals surface area contributed by atoms with E-state index in [0.717, 1.165) is 17.7 Å². The molecule has 0 bridgehead atoms. The predicted octanol–water partition coefficient (Wildman–Crippen LogP) is 2.30. The molecule has 0 heterocycles. The largest absolute Gasteiger partial charge is 0.402 e. The Labute approximate surface area is 69.0 Å². The van der Waals surface area contributed by atoms with E-state index in [-0.39, 0.29) is 0 Å². The summed E-state index contributed by atoms with van der Waals surface area (Å²) in [5, 5.41) is 7.44. The fourth-order valence-corrected chi connectivity index (χ4v) is 1.02. The van der Waals surface area contributed by atoms with Crippen molar-refractivity contribution in [2.75, 3.05) is 0 Å². The minimum atomic E-state index is 0.573. The van der Waals surface area contributed by atoms with Crippen molar-refractivity contribution in [2.24, 2.45) is 11.7 Å². The highest BCUT2D eigenvalue weighted by molar-refractivity contribution is 5.96. The van der Waals surface area contributed by atoms with Crippen molar-refractivity contribution >= 4 is 5.71 Å². The number of rotatable bonds is 3. The van der Waals surface area contributed by atoms with Crippen LogP contribution in [0.1, 0.15) is 34.1 Å². The summed E-state index contributed by atoms with van der Waals surface area (Å²) in [4.78, 5) is 0. The minimum absolute atomic E-state index is 0.573. The highest BCUT2D eigenvalue weighted by Gasteiger charge is 2.05. The third-order valence-electron chi connectivity index (χ3n) is 1.54. The van der Waals surface area contributed by atoms with E-state index in [2.05, 4.69) is 13.8 Å². The van der Waals surface area contributed by atoms with E-state index in [1.165, 1.54) is 0 Å². The fraction of sp³-hybridized carbons (Fsp3) is 0.667. The van der Waals surface area contributed by atoms with Crippen LogP contribution in [0.4, 0.5) is 0 Å². The van der Waals surface area contributed by atoms with Crippen LogP contribution in [0, 0.1) is 11.3 Å². The molecule has 2 heteroatoms. The fourth-order valence-electron chi connectivity index (χ4n) is 1.02. The molecule has 0 radical (unpaired) electrons. The second kappa shape index (κ2) is 4.16. The normalized spacial score (nSPS) is 13.2. The Balaban J connectivity index is 4.39. The Morgan fingerprint density at radius 3 is 1.91 bits per heavy atom. The standard InChI is InChI=1S/C9H18N2/c1-6(2)5-9(7(3)10)8(4)11/h6,10H,5,11H2,1-4H3/b9-8-,10-7?. The third-order valence-corrected chi connectivity index (χ3v) is 1.54. The summed E-state index contributed by atoms with van der Waals surface area (Å²) < 4.78 is 0. The zero-order chi connectivity index (χ0) is 9.02. The van der Waals surface area contributed by atoms with Gasteiger partial charge >= 0.3 is 0 Å². The average molecular weight is 154 g/mol. The summed E-state index contributed by atoms with van der Waals surface area (Å²) in [6.45, 7) is 7.90. The maximum atomic E-state index is 7.44. The Bertz CT molecular complexity index is 174. The SMILES string of the molecule is CC(=N)/C(CC(C)C)=C(/C)N.